The van der Waals surface area contributed by atoms with Crippen molar-refractivity contribution in [3.63, 3.8) is 0 Å². The summed E-state index contributed by atoms with van der Waals surface area (Å²) in [5.74, 6) is 2.94. The van der Waals surface area contributed by atoms with Gasteiger partial charge in [0.05, 0.1) is 5.02 Å². The molecule has 98 valence electrons. The summed E-state index contributed by atoms with van der Waals surface area (Å²) < 4.78 is 5.84. The van der Waals surface area contributed by atoms with Crippen LogP contribution in [-0.4, -0.2) is 17.6 Å². The van der Waals surface area contributed by atoms with E-state index in [2.05, 4.69) is 6.07 Å². The third kappa shape index (κ3) is 2.36. The Balaban J connectivity index is 1.79. The van der Waals surface area contributed by atoms with E-state index in [1.54, 1.807) is 0 Å². The first kappa shape index (κ1) is 12.6. The van der Waals surface area contributed by atoms with Crippen molar-refractivity contribution in [2.24, 2.45) is 5.73 Å². The standard InChI is InChI=1S/C14H18ClNOS/c15-12-7-10(14(16)5-1-2-6-14)3-4-13(12)17-11-8-18-9-11/h3-4,7,11H,1-2,5-6,8-9,16H2. The van der Waals surface area contributed by atoms with Crippen molar-refractivity contribution < 1.29 is 4.74 Å². The van der Waals surface area contributed by atoms with Crippen LogP contribution in [0, 0.1) is 0 Å². The molecule has 2 nitrogen and oxygen atoms in total. The summed E-state index contributed by atoms with van der Waals surface area (Å²) in [6.07, 6.45) is 4.87. The molecule has 0 bridgehead atoms. The Kier molecular flexibility index (Phi) is 3.48. The Morgan fingerprint density at radius 1 is 1.28 bits per heavy atom. The summed E-state index contributed by atoms with van der Waals surface area (Å²) in [5.41, 5.74) is 7.42. The molecule has 2 aliphatic rings. The lowest BCUT2D eigenvalue weighted by Crippen LogP contribution is -2.33. The van der Waals surface area contributed by atoms with Gasteiger partial charge in [-0.15, -0.1) is 0 Å². The molecule has 4 heteroatoms. The van der Waals surface area contributed by atoms with E-state index in [9.17, 15) is 0 Å². The Hall–Kier alpha value is -0.380. The monoisotopic (exact) mass is 283 g/mol. The topological polar surface area (TPSA) is 35.2 Å². The van der Waals surface area contributed by atoms with Crippen LogP contribution in [-0.2, 0) is 5.54 Å². The normalized spacial score (nSPS) is 22.8. The molecule has 0 atom stereocenters. The van der Waals surface area contributed by atoms with Gasteiger partial charge < -0.3 is 10.5 Å². The fourth-order valence-electron chi connectivity index (χ4n) is 2.66. The second-order valence-corrected chi connectivity index (χ2v) is 6.77. The van der Waals surface area contributed by atoms with Gasteiger partial charge in [0.25, 0.3) is 0 Å². The third-order valence-electron chi connectivity index (χ3n) is 3.90. The lowest BCUT2D eigenvalue weighted by molar-refractivity contribution is 0.240. The maximum atomic E-state index is 6.44. The number of benzene rings is 1. The lowest BCUT2D eigenvalue weighted by Gasteiger charge is -2.28. The van der Waals surface area contributed by atoms with E-state index in [0.29, 0.717) is 11.1 Å². The van der Waals surface area contributed by atoms with Crippen LogP contribution in [0.1, 0.15) is 31.2 Å². The lowest BCUT2D eigenvalue weighted by atomic mass is 9.89. The molecule has 0 radical (unpaired) electrons. The van der Waals surface area contributed by atoms with Crippen molar-refractivity contribution in [3.05, 3.63) is 28.8 Å². The average molecular weight is 284 g/mol. The van der Waals surface area contributed by atoms with Crippen LogP contribution in [0.2, 0.25) is 5.02 Å². The fraction of sp³-hybridized carbons (Fsp3) is 0.571. The Morgan fingerprint density at radius 2 is 2.00 bits per heavy atom. The SMILES string of the molecule is NC1(c2ccc(OC3CSC3)c(Cl)c2)CCCC1. The molecule has 18 heavy (non-hydrogen) atoms. The molecule has 1 aromatic carbocycles. The van der Waals surface area contributed by atoms with Crippen molar-refractivity contribution in [2.75, 3.05) is 11.5 Å². The molecular weight excluding hydrogens is 266 g/mol. The van der Waals surface area contributed by atoms with Gasteiger partial charge in [-0.1, -0.05) is 30.5 Å². The largest absolute Gasteiger partial charge is 0.487 e. The Bertz CT molecular complexity index is 441. The number of thioether (sulfide) groups is 1. The van der Waals surface area contributed by atoms with Crippen LogP contribution in [0.4, 0.5) is 0 Å². The van der Waals surface area contributed by atoms with Gasteiger partial charge in [-0.05, 0) is 30.5 Å². The van der Waals surface area contributed by atoms with E-state index in [0.717, 1.165) is 35.7 Å². The van der Waals surface area contributed by atoms with Crippen molar-refractivity contribution in [1.29, 1.82) is 0 Å². The Morgan fingerprint density at radius 3 is 2.56 bits per heavy atom. The minimum absolute atomic E-state index is 0.172. The maximum absolute atomic E-state index is 6.44. The van der Waals surface area contributed by atoms with Crippen molar-refractivity contribution >= 4 is 23.4 Å². The highest BCUT2D eigenvalue weighted by Crippen LogP contribution is 2.39. The number of nitrogens with two attached hydrogens (primary N) is 1. The molecule has 0 spiro atoms. The van der Waals surface area contributed by atoms with Crippen LogP contribution in [0.25, 0.3) is 0 Å². The molecule has 0 amide bonds. The highest BCUT2D eigenvalue weighted by molar-refractivity contribution is 8.00. The predicted molar refractivity (Wildman–Crippen MR) is 77.5 cm³/mol. The van der Waals surface area contributed by atoms with Crippen LogP contribution in [0.3, 0.4) is 0 Å². The van der Waals surface area contributed by atoms with E-state index in [-0.39, 0.29) is 5.54 Å². The molecule has 3 rings (SSSR count). The third-order valence-corrected chi connectivity index (χ3v) is 5.41. The quantitative estimate of drug-likeness (QED) is 0.921. The zero-order valence-corrected chi connectivity index (χ0v) is 11.9. The zero-order chi connectivity index (χ0) is 12.6. The van der Waals surface area contributed by atoms with Gasteiger partial charge in [-0.2, -0.15) is 11.8 Å². The molecular formula is C14H18ClNOS. The second kappa shape index (κ2) is 4.95. The van der Waals surface area contributed by atoms with E-state index in [1.165, 1.54) is 12.8 Å². The summed E-state index contributed by atoms with van der Waals surface area (Å²) in [7, 11) is 0. The van der Waals surface area contributed by atoms with Gasteiger partial charge in [0, 0.05) is 17.0 Å². The molecule has 1 aliphatic carbocycles. The first-order valence-electron chi connectivity index (χ1n) is 6.51. The smallest absolute Gasteiger partial charge is 0.138 e. The summed E-state index contributed by atoms with van der Waals surface area (Å²) in [6, 6.07) is 6.06. The molecule has 1 saturated heterocycles. The van der Waals surface area contributed by atoms with E-state index in [1.807, 2.05) is 23.9 Å². The van der Waals surface area contributed by atoms with Crippen molar-refractivity contribution in [2.45, 2.75) is 37.3 Å². The van der Waals surface area contributed by atoms with Gasteiger partial charge in [0.15, 0.2) is 0 Å². The number of ether oxygens (including phenoxy) is 1. The predicted octanol–water partition coefficient (Wildman–Crippen LogP) is 3.56. The average Bonchev–Trinajstić information content (AvgIpc) is 2.73. The maximum Gasteiger partial charge on any atom is 0.138 e. The van der Waals surface area contributed by atoms with E-state index < -0.39 is 0 Å². The van der Waals surface area contributed by atoms with Gasteiger partial charge >= 0.3 is 0 Å². The fourth-order valence-corrected chi connectivity index (χ4v) is 3.45. The number of hydrogen-bond acceptors (Lipinski definition) is 3. The molecule has 1 aliphatic heterocycles. The second-order valence-electron chi connectivity index (χ2n) is 5.29. The molecule has 2 fully saturated rings. The van der Waals surface area contributed by atoms with E-state index in [4.69, 9.17) is 22.1 Å². The van der Waals surface area contributed by atoms with Gasteiger partial charge in [0.1, 0.15) is 11.9 Å². The summed E-state index contributed by atoms with van der Waals surface area (Å²) in [5, 5.41) is 0.695. The molecule has 1 heterocycles. The molecule has 1 saturated carbocycles. The number of rotatable bonds is 3. The minimum atomic E-state index is -0.172. The van der Waals surface area contributed by atoms with E-state index >= 15 is 0 Å². The van der Waals surface area contributed by atoms with Crippen LogP contribution in [0.15, 0.2) is 18.2 Å². The first-order chi connectivity index (χ1) is 8.67. The van der Waals surface area contributed by atoms with Crippen molar-refractivity contribution in [1.82, 2.24) is 0 Å². The minimum Gasteiger partial charge on any atom is -0.487 e. The van der Waals surface area contributed by atoms with Crippen LogP contribution < -0.4 is 10.5 Å². The van der Waals surface area contributed by atoms with Gasteiger partial charge in [0.2, 0.25) is 0 Å². The van der Waals surface area contributed by atoms with Crippen LogP contribution >= 0.6 is 23.4 Å². The highest BCUT2D eigenvalue weighted by Gasteiger charge is 2.31. The van der Waals surface area contributed by atoms with Crippen molar-refractivity contribution in [3.8, 4) is 5.75 Å². The molecule has 2 N–H and O–H groups in total. The summed E-state index contributed by atoms with van der Waals surface area (Å²) in [6.45, 7) is 0. The first-order valence-corrected chi connectivity index (χ1v) is 8.04. The molecule has 0 aromatic heterocycles. The number of hydrogen-bond donors (Lipinski definition) is 1. The molecule has 0 unspecified atom stereocenters. The van der Waals surface area contributed by atoms with Gasteiger partial charge in [-0.25, -0.2) is 0 Å². The zero-order valence-electron chi connectivity index (χ0n) is 10.3. The summed E-state index contributed by atoms with van der Waals surface area (Å²) in [4.78, 5) is 0. The summed E-state index contributed by atoms with van der Waals surface area (Å²) >= 11 is 8.21. The Labute approximate surface area is 117 Å². The van der Waals surface area contributed by atoms with Crippen LogP contribution in [0.5, 0.6) is 5.75 Å². The molecule has 1 aromatic rings. The highest BCUT2D eigenvalue weighted by atomic mass is 35.5. The van der Waals surface area contributed by atoms with Gasteiger partial charge in [-0.3, -0.25) is 0 Å². The number of halogens is 1.